The first-order chi connectivity index (χ1) is 10.0. The highest BCUT2D eigenvalue weighted by molar-refractivity contribution is 5.49. The second-order valence-electron chi connectivity index (χ2n) is 7.47. The summed E-state index contributed by atoms with van der Waals surface area (Å²) in [7, 11) is 0. The molecule has 21 heavy (non-hydrogen) atoms. The lowest BCUT2D eigenvalue weighted by molar-refractivity contribution is 0.0518. The summed E-state index contributed by atoms with van der Waals surface area (Å²) in [5, 5.41) is 3.88. The molecule has 116 valence electrons. The van der Waals surface area contributed by atoms with Gasteiger partial charge in [-0.15, -0.1) is 0 Å². The quantitative estimate of drug-likeness (QED) is 0.895. The molecular weight excluding hydrogens is 256 g/mol. The summed E-state index contributed by atoms with van der Waals surface area (Å²) in [5.41, 5.74) is 4.10. The molecule has 2 aliphatic rings. The number of anilines is 1. The molecule has 2 atom stereocenters. The lowest BCUT2D eigenvalue weighted by Crippen LogP contribution is -2.56. The van der Waals surface area contributed by atoms with Crippen LogP contribution in [0.4, 0.5) is 5.69 Å². The Morgan fingerprint density at radius 3 is 2.29 bits per heavy atom. The second-order valence-corrected chi connectivity index (χ2v) is 7.47. The van der Waals surface area contributed by atoms with Crippen molar-refractivity contribution in [2.24, 2.45) is 11.8 Å². The maximum absolute atomic E-state index is 3.88. The minimum atomic E-state index is 0.677. The fourth-order valence-electron chi connectivity index (χ4n) is 4.15. The summed E-state index contributed by atoms with van der Waals surface area (Å²) >= 11 is 0. The van der Waals surface area contributed by atoms with Crippen LogP contribution in [0.5, 0.6) is 0 Å². The Morgan fingerprint density at radius 2 is 1.71 bits per heavy atom. The molecule has 0 amide bonds. The first-order valence-corrected chi connectivity index (χ1v) is 8.62. The zero-order valence-electron chi connectivity index (χ0n) is 14.0. The van der Waals surface area contributed by atoms with E-state index in [4.69, 9.17) is 0 Å². The van der Waals surface area contributed by atoms with Crippen LogP contribution in [0.2, 0.25) is 0 Å². The van der Waals surface area contributed by atoms with Gasteiger partial charge < -0.3 is 10.2 Å². The van der Waals surface area contributed by atoms with E-state index in [1.165, 1.54) is 49.2 Å². The number of rotatable bonds is 3. The maximum Gasteiger partial charge on any atom is 0.0345 e. The maximum atomic E-state index is 3.88. The van der Waals surface area contributed by atoms with Gasteiger partial charge in [0, 0.05) is 30.9 Å². The molecular formula is C19H30N2. The molecule has 1 heterocycles. The van der Waals surface area contributed by atoms with Crippen LogP contribution in [0.15, 0.2) is 18.2 Å². The Balaban J connectivity index is 1.74. The Hall–Kier alpha value is -1.02. The predicted octanol–water partition coefficient (Wildman–Crippen LogP) is 4.22. The lowest BCUT2D eigenvalue weighted by atomic mass is 9.73. The predicted molar refractivity (Wildman–Crippen MR) is 90.9 cm³/mol. The third-order valence-electron chi connectivity index (χ3n) is 5.67. The van der Waals surface area contributed by atoms with Crippen molar-refractivity contribution in [1.82, 2.24) is 4.90 Å². The number of fused-ring (bicyclic) bond motifs is 2. The molecule has 2 bridgehead atoms. The monoisotopic (exact) mass is 286 g/mol. The molecule has 1 saturated heterocycles. The Kier molecular flexibility index (Phi) is 4.26. The number of likely N-dealkylation sites (tertiary alicyclic amines) is 1. The third kappa shape index (κ3) is 3.11. The number of nitrogens with one attached hydrogen (secondary N) is 1. The van der Waals surface area contributed by atoms with E-state index in [-0.39, 0.29) is 0 Å². The average molecular weight is 286 g/mol. The number of benzene rings is 1. The standard InChI is InChI=1S/C19H30N2/c1-13(2)21-11-16-6-5-7-17(12-21)19(16)20-18-9-8-14(3)15(4)10-18/h8-10,13,16-17,19-20H,5-7,11-12H2,1-4H3. The van der Waals surface area contributed by atoms with Gasteiger partial charge in [0.15, 0.2) is 0 Å². The molecule has 2 heteroatoms. The van der Waals surface area contributed by atoms with Gasteiger partial charge in [-0.2, -0.15) is 0 Å². The van der Waals surface area contributed by atoms with Gasteiger partial charge in [0.1, 0.15) is 0 Å². The fraction of sp³-hybridized carbons (Fsp3) is 0.684. The summed E-state index contributed by atoms with van der Waals surface area (Å²) in [4.78, 5) is 2.69. The molecule has 1 saturated carbocycles. The van der Waals surface area contributed by atoms with Gasteiger partial charge in [-0.05, 0) is 75.6 Å². The Labute approximate surface area is 129 Å². The zero-order valence-corrected chi connectivity index (χ0v) is 14.0. The molecule has 0 aromatic heterocycles. The molecule has 1 aromatic rings. The SMILES string of the molecule is Cc1ccc(NC2C3CCCC2CN(C(C)C)C3)cc1C. The molecule has 2 unspecified atom stereocenters. The van der Waals surface area contributed by atoms with Crippen molar-refractivity contribution in [2.45, 2.75) is 59.0 Å². The highest BCUT2D eigenvalue weighted by Crippen LogP contribution is 2.37. The molecule has 1 aromatic carbocycles. The summed E-state index contributed by atoms with van der Waals surface area (Å²) in [5.74, 6) is 1.64. The van der Waals surface area contributed by atoms with Gasteiger partial charge in [0.05, 0.1) is 0 Å². The van der Waals surface area contributed by atoms with Crippen LogP contribution in [0.25, 0.3) is 0 Å². The summed E-state index contributed by atoms with van der Waals surface area (Å²) in [6.45, 7) is 11.6. The first kappa shape index (κ1) is 14.9. The minimum Gasteiger partial charge on any atom is -0.382 e. The minimum absolute atomic E-state index is 0.677. The van der Waals surface area contributed by atoms with Crippen molar-refractivity contribution < 1.29 is 0 Å². The molecule has 0 spiro atoms. The van der Waals surface area contributed by atoms with E-state index < -0.39 is 0 Å². The van der Waals surface area contributed by atoms with Crippen molar-refractivity contribution in [2.75, 3.05) is 18.4 Å². The van der Waals surface area contributed by atoms with Gasteiger partial charge >= 0.3 is 0 Å². The first-order valence-electron chi connectivity index (χ1n) is 8.62. The van der Waals surface area contributed by atoms with Crippen LogP contribution >= 0.6 is 0 Å². The zero-order chi connectivity index (χ0) is 15.0. The van der Waals surface area contributed by atoms with Crippen molar-refractivity contribution >= 4 is 5.69 Å². The molecule has 1 aliphatic carbocycles. The van der Waals surface area contributed by atoms with E-state index in [1.807, 2.05) is 0 Å². The van der Waals surface area contributed by atoms with Crippen molar-refractivity contribution in [1.29, 1.82) is 0 Å². The fourth-order valence-corrected chi connectivity index (χ4v) is 4.15. The number of hydrogen-bond acceptors (Lipinski definition) is 2. The summed E-state index contributed by atoms with van der Waals surface area (Å²) < 4.78 is 0. The topological polar surface area (TPSA) is 15.3 Å². The van der Waals surface area contributed by atoms with Crippen molar-refractivity contribution in [3.63, 3.8) is 0 Å². The van der Waals surface area contributed by atoms with Gasteiger partial charge in [0.2, 0.25) is 0 Å². The average Bonchev–Trinajstić information content (AvgIpc) is 2.42. The van der Waals surface area contributed by atoms with E-state index >= 15 is 0 Å². The number of piperidine rings is 1. The van der Waals surface area contributed by atoms with E-state index in [0.717, 1.165) is 11.8 Å². The summed E-state index contributed by atoms with van der Waals surface area (Å²) in [6, 6.07) is 8.19. The van der Waals surface area contributed by atoms with E-state index in [0.29, 0.717) is 12.1 Å². The molecule has 0 radical (unpaired) electrons. The van der Waals surface area contributed by atoms with Crippen LogP contribution in [0.3, 0.4) is 0 Å². The number of hydrogen-bond donors (Lipinski definition) is 1. The van der Waals surface area contributed by atoms with Gasteiger partial charge in [-0.25, -0.2) is 0 Å². The van der Waals surface area contributed by atoms with Crippen LogP contribution in [0.1, 0.15) is 44.2 Å². The smallest absolute Gasteiger partial charge is 0.0345 e. The van der Waals surface area contributed by atoms with Crippen LogP contribution in [-0.2, 0) is 0 Å². The highest BCUT2D eigenvalue weighted by Gasteiger charge is 2.39. The van der Waals surface area contributed by atoms with Crippen molar-refractivity contribution in [3.8, 4) is 0 Å². The van der Waals surface area contributed by atoms with E-state index in [9.17, 15) is 0 Å². The van der Waals surface area contributed by atoms with Crippen LogP contribution < -0.4 is 5.32 Å². The van der Waals surface area contributed by atoms with Gasteiger partial charge in [0.25, 0.3) is 0 Å². The van der Waals surface area contributed by atoms with Crippen LogP contribution in [0, 0.1) is 25.7 Å². The largest absolute Gasteiger partial charge is 0.382 e. The molecule has 1 aliphatic heterocycles. The summed E-state index contributed by atoms with van der Waals surface area (Å²) in [6.07, 6.45) is 4.21. The van der Waals surface area contributed by atoms with Gasteiger partial charge in [-0.1, -0.05) is 12.5 Å². The Morgan fingerprint density at radius 1 is 1.05 bits per heavy atom. The van der Waals surface area contributed by atoms with E-state index in [2.05, 4.69) is 56.1 Å². The highest BCUT2D eigenvalue weighted by atomic mass is 15.2. The van der Waals surface area contributed by atoms with E-state index in [1.54, 1.807) is 0 Å². The Bertz CT molecular complexity index is 480. The molecule has 2 nitrogen and oxygen atoms in total. The number of aryl methyl sites for hydroxylation is 2. The van der Waals surface area contributed by atoms with Crippen molar-refractivity contribution in [3.05, 3.63) is 29.3 Å². The normalized spacial score (nSPS) is 29.7. The van der Waals surface area contributed by atoms with Gasteiger partial charge in [-0.3, -0.25) is 0 Å². The third-order valence-corrected chi connectivity index (χ3v) is 5.67. The molecule has 1 N–H and O–H groups in total. The lowest BCUT2D eigenvalue weighted by Gasteiger charge is -2.49. The second kappa shape index (κ2) is 6.00. The molecule has 2 fully saturated rings. The molecule has 3 rings (SSSR count). The number of nitrogens with zero attached hydrogens (tertiary/aromatic N) is 1. The van der Waals surface area contributed by atoms with Crippen LogP contribution in [-0.4, -0.2) is 30.1 Å².